The topological polar surface area (TPSA) is 180 Å². The van der Waals surface area contributed by atoms with Crippen molar-refractivity contribution in [1.29, 1.82) is 0 Å². The maximum atomic E-state index is 13.8. The van der Waals surface area contributed by atoms with E-state index >= 15 is 0 Å². The number of phenolic OH excluding ortho intramolecular Hbond substituents is 1. The third-order valence-electron chi connectivity index (χ3n) is 8.39. The van der Waals surface area contributed by atoms with Crippen LogP contribution in [0, 0.1) is 23.7 Å². The van der Waals surface area contributed by atoms with Crippen LogP contribution in [-0.2, 0) is 38.7 Å². The zero-order valence-corrected chi connectivity index (χ0v) is 21.6. The lowest BCUT2D eigenvalue weighted by Gasteiger charge is -2.52. The van der Waals surface area contributed by atoms with E-state index in [1.54, 1.807) is 26.4 Å². The number of carbonyl (C=O) groups is 5. The quantitative estimate of drug-likeness (QED) is 0.355. The Morgan fingerprint density at radius 2 is 1.87 bits per heavy atom. The van der Waals surface area contributed by atoms with Gasteiger partial charge in [-0.25, -0.2) is 0 Å². The van der Waals surface area contributed by atoms with Gasteiger partial charge in [0, 0.05) is 25.2 Å². The molecule has 204 valence electrons. The normalized spacial score (nSPS) is 30.1. The predicted molar refractivity (Wildman–Crippen MR) is 136 cm³/mol. The molecular formula is C28H30N4O7. The number of pyridine rings is 1. The minimum Gasteiger partial charge on any atom is -0.507 e. The number of primary amides is 1. The van der Waals surface area contributed by atoms with Gasteiger partial charge in [0.2, 0.25) is 5.91 Å². The minimum atomic E-state index is -2.73. The molecule has 1 amide bonds. The highest BCUT2D eigenvalue weighted by molar-refractivity contribution is 6.32. The number of nitrogens with zero attached hydrogens (tertiary/aromatic N) is 2. The molecule has 2 unspecified atom stereocenters. The highest BCUT2D eigenvalue weighted by Gasteiger charge is 2.69. The van der Waals surface area contributed by atoms with Crippen LogP contribution in [0.5, 0.6) is 5.75 Å². The van der Waals surface area contributed by atoms with Gasteiger partial charge < -0.3 is 21.3 Å². The molecule has 11 nitrogen and oxygen atoms in total. The molecule has 0 radical (unpaired) electrons. The van der Waals surface area contributed by atoms with E-state index in [0.29, 0.717) is 18.7 Å². The lowest BCUT2D eigenvalue weighted by atomic mass is 9.52. The first-order chi connectivity index (χ1) is 18.5. The number of aliphatic hydroxyl groups is 1. The molecule has 2 saturated carbocycles. The van der Waals surface area contributed by atoms with E-state index in [0.717, 1.165) is 11.3 Å². The Labute approximate surface area is 224 Å². The van der Waals surface area contributed by atoms with E-state index in [9.17, 15) is 34.2 Å². The summed E-state index contributed by atoms with van der Waals surface area (Å²) in [6, 6.07) is 7.53. The molecule has 1 aromatic heterocycles. The molecule has 39 heavy (non-hydrogen) atoms. The van der Waals surface area contributed by atoms with Gasteiger partial charge in [-0.2, -0.15) is 0 Å². The van der Waals surface area contributed by atoms with Gasteiger partial charge in [-0.3, -0.25) is 33.9 Å². The highest BCUT2D eigenvalue weighted by Crippen LogP contribution is 2.51. The number of Topliss-reactive ketones (excluding diaryl/α,β-unsaturated/α-hetero) is 4. The number of rotatable bonds is 6. The number of carbonyl (C=O) groups excluding carboxylic acids is 5. The Kier molecular flexibility index (Phi) is 6.69. The average Bonchev–Trinajstić information content (AvgIpc) is 2.87. The van der Waals surface area contributed by atoms with E-state index in [-0.39, 0.29) is 24.2 Å². The first-order valence-electron chi connectivity index (χ1n) is 12.8. The molecule has 11 heteroatoms. The molecule has 1 heterocycles. The second-order valence-electron chi connectivity index (χ2n) is 10.8. The zero-order valence-electron chi connectivity index (χ0n) is 21.6. The Balaban J connectivity index is 1.51. The zero-order chi connectivity index (χ0) is 28.2. The number of aromatic hydroxyl groups is 1. The number of likely N-dealkylation sites (N-methyl/N-ethyl adjacent to an activating group) is 1. The van der Waals surface area contributed by atoms with E-state index < -0.39 is 64.4 Å². The summed E-state index contributed by atoms with van der Waals surface area (Å²) >= 11 is 0. The number of nitrogens with one attached hydrogen (secondary N) is 1. The van der Waals surface area contributed by atoms with Crippen LogP contribution in [0.4, 0.5) is 0 Å². The van der Waals surface area contributed by atoms with Crippen molar-refractivity contribution >= 4 is 29.0 Å². The summed E-state index contributed by atoms with van der Waals surface area (Å²) in [5, 5.41) is 25.5. The molecular weight excluding hydrogens is 504 g/mol. The van der Waals surface area contributed by atoms with Crippen LogP contribution < -0.4 is 11.1 Å². The van der Waals surface area contributed by atoms with E-state index in [2.05, 4.69) is 10.3 Å². The molecule has 5 rings (SSSR count). The molecule has 2 fully saturated rings. The van der Waals surface area contributed by atoms with Crippen LogP contribution in [0.1, 0.15) is 33.6 Å². The summed E-state index contributed by atoms with van der Waals surface area (Å²) in [6.07, 6.45) is 1.92. The smallest absolute Gasteiger partial charge is 0.235 e. The Bertz CT molecular complexity index is 1390. The number of ketones is 4. The van der Waals surface area contributed by atoms with E-state index in [1.807, 2.05) is 18.2 Å². The summed E-state index contributed by atoms with van der Waals surface area (Å²) in [5.41, 5.74) is 4.76. The Morgan fingerprint density at radius 3 is 2.51 bits per heavy atom. The van der Waals surface area contributed by atoms with Gasteiger partial charge in [-0.1, -0.05) is 12.1 Å². The second-order valence-corrected chi connectivity index (χ2v) is 10.8. The monoisotopic (exact) mass is 534 g/mol. The number of aromatic nitrogens is 1. The van der Waals surface area contributed by atoms with Gasteiger partial charge in [-0.05, 0) is 62.2 Å². The van der Waals surface area contributed by atoms with Crippen molar-refractivity contribution in [1.82, 2.24) is 15.2 Å². The maximum absolute atomic E-state index is 13.8. The molecule has 0 saturated heterocycles. The third-order valence-corrected chi connectivity index (χ3v) is 8.39. The van der Waals surface area contributed by atoms with Crippen LogP contribution >= 0.6 is 0 Å². The average molecular weight is 535 g/mol. The van der Waals surface area contributed by atoms with Crippen molar-refractivity contribution in [3.05, 3.63) is 58.9 Å². The molecule has 6 atom stereocenters. The molecule has 2 aromatic rings. The molecule has 1 aromatic carbocycles. The van der Waals surface area contributed by atoms with Crippen LogP contribution in [0.15, 0.2) is 36.5 Å². The number of benzene rings is 1. The van der Waals surface area contributed by atoms with E-state index in [1.165, 1.54) is 11.0 Å². The van der Waals surface area contributed by atoms with Crippen LogP contribution in [0.25, 0.3) is 0 Å². The van der Waals surface area contributed by atoms with Crippen molar-refractivity contribution in [2.45, 2.75) is 37.6 Å². The van der Waals surface area contributed by atoms with Gasteiger partial charge in [0.1, 0.15) is 5.75 Å². The first-order valence-corrected chi connectivity index (χ1v) is 12.8. The fourth-order valence-electron chi connectivity index (χ4n) is 6.66. The number of hydrogen-bond acceptors (Lipinski definition) is 10. The molecule has 0 bridgehead atoms. The van der Waals surface area contributed by atoms with Crippen molar-refractivity contribution in [3.8, 4) is 5.75 Å². The standard InChI is InChI=1S/C28H30N4O7/c1-32(2)22-17-10-14-9-16-13(11-30-12-15-5-3-4-8-31-15)6-7-18(33)20(16)23(34)19(14)25(36)28(17,39)26(37)21(24(22)35)27(29)38/h3-8,14,17,19,21-22,30,33,39H,9-12H2,1-2H3,(H2,29,38)/t14-,17-,19?,21?,22+,28-/m0/s1. The summed E-state index contributed by atoms with van der Waals surface area (Å²) < 4.78 is 0. The Hall–Kier alpha value is -3.80. The fraction of sp³-hybridized carbons (Fsp3) is 0.429. The maximum Gasteiger partial charge on any atom is 0.235 e. The van der Waals surface area contributed by atoms with Gasteiger partial charge in [0.15, 0.2) is 34.7 Å². The van der Waals surface area contributed by atoms with Crippen LogP contribution in [-0.4, -0.2) is 74.9 Å². The number of phenols is 1. The number of hydrogen-bond donors (Lipinski definition) is 4. The third kappa shape index (κ3) is 4.08. The Morgan fingerprint density at radius 1 is 1.13 bits per heavy atom. The minimum absolute atomic E-state index is 0.0142. The largest absolute Gasteiger partial charge is 0.507 e. The summed E-state index contributed by atoms with van der Waals surface area (Å²) in [5.74, 6) is -10.5. The van der Waals surface area contributed by atoms with Crippen molar-refractivity contribution in [2.75, 3.05) is 14.1 Å². The summed E-state index contributed by atoms with van der Waals surface area (Å²) in [7, 11) is 3.11. The van der Waals surface area contributed by atoms with Crippen molar-refractivity contribution < 1.29 is 34.2 Å². The molecule has 3 aliphatic carbocycles. The van der Waals surface area contributed by atoms with Crippen LogP contribution in [0.2, 0.25) is 0 Å². The summed E-state index contributed by atoms with van der Waals surface area (Å²) in [4.78, 5) is 71.9. The highest BCUT2D eigenvalue weighted by atomic mass is 16.3. The van der Waals surface area contributed by atoms with Gasteiger partial charge in [0.25, 0.3) is 0 Å². The molecule has 0 spiro atoms. The molecule has 5 N–H and O–H groups in total. The van der Waals surface area contributed by atoms with Gasteiger partial charge >= 0.3 is 0 Å². The fourth-order valence-corrected chi connectivity index (χ4v) is 6.66. The van der Waals surface area contributed by atoms with Crippen molar-refractivity contribution in [2.24, 2.45) is 29.4 Å². The molecule has 0 aliphatic heterocycles. The van der Waals surface area contributed by atoms with Gasteiger partial charge in [0.05, 0.1) is 23.2 Å². The molecule has 3 aliphatic rings. The number of nitrogens with two attached hydrogens (primary N) is 1. The number of fused-ring (bicyclic) bond motifs is 3. The van der Waals surface area contributed by atoms with Crippen molar-refractivity contribution in [3.63, 3.8) is 0 Å². The van der Waals surface area contributed by atoms with Crippen LogP contribution in [0.3, 0.4) is 0 Å². The lowest BCUT2D eigenvalue weighted by Crippen LogP contribution is -2.74. The number of amides is 1. The summed E-state index contributed by atoms with van der Waals surface area (Å²) in [6.45, 7) is 0.836. The second kappa shape index (κ2) is 9.74. The SMILES string of the molecule is CN(C)[C@H]1C(=O)C(C(N)=O)C(=O)[C@@]2(O)C(=O)C3C(=O)c4c(O)ccc(CNCc5ccccn5)c4C[C@H]3C[C@@H]12. The van der Waals surface area contributed by atoms with E-state index in [4.69, 9.17) is 5.73 Å². The lowest BCUT2D eigenvalue weighted by molar-refractivity contribution is -0.181. The first kappa shape index (κ1) is 26.8. The predicted octanol–water partition coefficient (Wildman–Crippen LogP) is -0.448. The van der Waals surface area contributed by atoms with Gasteiger partial charge in [-0.15, -0.1) is 0 Å².